The van der Waals surface area contributed by atoms with Crippen LogP contribution in [0.1, 0.15) is 35.4 Å². The number of rotatable bonds is 2. The third-order valence-electron chi connectivity index (χ3n) is 5.39. The topological polar surface area (TPSA) is 107 Å². The molecule has 24 heavy (non-hydrogen) atoms. The lowest BCUT2D eigenvalue weighted by atomic mass is 9.68. The number of aromatic nitrogens is 2. The molecule has 0 bridgehead atoms. The number of carboxylic acid groups (broad SMARTS) is 1. The maximum absolute atomic E-state index is 12.7. The van der Waals surface area contributed by atoms with E-state index in [-0.39, 0.29) is 17.5 Å². The first-order valence-corrected chi connectivity index (χ1v) is 8.14. The van der Waals surface area contributed by atoms with Crippen LogP contribution in [-0.2, 0) is 4.79 Å². The summed E-state index contributed by atoms with van der Waals surface area (Å²) in [5.74, 6) is -0.727. The van der Waals surface area contributed by atoms with Gasteiger partial charge in [0.15, 0.2) is 0 Å². The highest BCUT2D eigenvalue weighted by atomic mass is 16.4. The minimum atomic E-state index is -0.804. The van der Waals surface area contributed by atoms with Crippen LogP contribution in [0.15, 0.2) is 11.0 Å². The van der Waals surface area contributed by atoms with Crippen LogP contribution in [0.4, 0.5) is 0 Å². The van der Waals surface area contributed by atoms with Crippen molar-refractivity contribution in [1.82, 2.24) is 19.8 Å². The number of piperidine rings is 2. The van der Waals surface area contributed by atoms with Gasteiger partial charge >= 0.3 is 5.97 Å². The standard InChI is InChI=1S/C16H22N4O4/c1-10-17-8-11(13(21)18-10)14(22)20-7-5-16(15(23)24)4-3-6-19(2)12(16)9-20/h8,12H,3-7,9H2,1-2H3,(H,23,24)(H,17,18,21)/t12-,16+/m1/s1. The lowest BCUT2D eigenvalue weighted by Crippen LogP contribution is -2.63. The van der Waals surface area contributed by atoms with E-state index < -0.39 is 16.9 Å². The molecule has 3 rings (SSSR count). The predicted octanol–water partition coefficient (Wildman–Crippen LogP) is 0.0894. The number of aromatic amines is 1. The van der Waals surface area contributed by atoms with Crippen LogP contribution >= 0.6 is 0 Å². The number of hydrogen-bond donors (Lipinski definition) is 2. The molecule has 2 saturated heterocycles. The zero-order valence-electron chi connectivity index (χ0n) is 13.9. The molecule has 0 aliphatic carbocycles. The van der Waals surface area contributed by atoms with Crippen molar-refractivity contribution in [3.8, 4) is 0 Å². The molecule has 2 aliphatic heterocycles. The molecule has 2 fully saturated rings. The molecule has 3 heterocycles. The molecule has 0 spiro atoms. The van der Waals surface area contributed by atoms with E-state index in [9.17, 15) is 19.5 Å². The maximum atomic E-state index is 12.7. The average Bonchev–Trinajstić information content (AvgIpc) is 2.54. The number of likely N-dealkylation sites (tertiary alicyclic amines) is 2. The number of aryl methyl sites for hydroxylation is 1. The largest absolute Gasteiger partial charge is 0.481 e. The molecule has 2 atom stereocenters. The summed E-state index contributed by atoms with van der Waals surface area (Å²) in [7, 11) is 1.90. The second kappa shape index (κ2) is 6.01. The van der Waals surface area contributed by atoms with E-state index in [0.717, 1.165) is 13.0 Å². The molecule has 1 amide bonds. The van der Waals surface area contributed by atoms with Crippen molar-refractivity contribution in [2.24, 2.45) is 5.41 Å². The summed E-state index contributed by atoms with van der Waals surface area (Å²) in [5.41, 5.74) is -1.26. The molecule has 0 saturated carbocycles. The minimum absolute atomic E-state index is 0.00175. The van der Waals surface area contributed by atoms with Gasteiger partial charge < -0.3 is 19.9 Å². The molecule has 1 aromatic rings. The van der Waals surface area contributed by atoms with Crippen LogP contribution < -0.4 is 5.56 Å². The molecule has 0 unspecified atom stereocenters. The number of carboxylic acids is 1. The van der Waals surface area contributed by atoms with Gasteiger partial charge in [-0.3, -0.25) is 14.4 Å². The highest BCUT2D eigenvalue weighted by molar-refractivity contribution is 5.94. The summed E-state index contributed by atoms with van der Waals surface area (Å²) in [6.45, 7) is 3.11. The first kappa shape index (κ1) is 16.6. The van der Waals surface area contributed by atoms with Gasteiger partial charge in [0.05, 0.1) is 5.41 Å². The van der Waals surface area contributed by atoms with E-state index in [2.05, 4.69) is 9.97 Å². The summed E-state index contributed by atoms with van der Waals surface area (Å²) in [6.07, 6.45) is 3.17. The number of nitrogens with zero attached hydrogens (tertiary/aromatic N) is 3. The number of amides is 1. The second-order valence-electron chi connectivity index (χ2n) is 6.77. The van der Waals surface area contributed by atoms with Gasteiger partial charge in [0.25, 0.3) is 11.5 Å². The number of fused-ring (bicyclic) bond motifs is 1. The fraction of sp³-hybridized carbons (Fsp3) is 0.625. The fourth-order valence-electron chi connectivity index (χ4n) is 3.98. The molecule has 2 N–H and O–H groups in total. The van der Waals surface area contributed by atoms with Crippen molar-refractivity contribution in [2.75, 3.05) is 26.7 Å². The third kappa shape index (κ3) is 2.60. The smallest absolute Gasteiger partial charge is 0.311 e. The number of carbonyl (C=O) groups is 2. The van der Waals surface area contributed by atoms with Crippen molar-refractivity contribution in [1.29, 1.82) is 0 Å². The summed E-state index contributed by atoms with van der Waals surface area (Å²) < 4.78 is 0. The normalized spacial score (nSPS) is 27.6. The zero-order chi connectivity index (χ0) is 17.5. The Labute approximate surface area is 139 Å². The molecular weight excluding hydrogens is 312 g/mol. The molecule has 0 aromatic carbocycles. The Kier molecular flexibility index (Phi) is 4.16. The Bertz CT molecular complexity index is 731. The Hall–Kier alpha value is -2.22. The van der Waals surface area contributed by atoms with Gasteiger partial charge in [-0.05, 0) is 39.8 Å². The summed E-state index contributed by atoms with van der Waals surface area (Å²) in [5, 5.41) is 9.76. The lowest BCUT2D eigenvalue weighted by molar-refractivity contribution is -0.161. The van der Waals surface area contributed by atoms with E-state index >= 15 is 0 Å². The quantitative estimate of drug-likeness (QED) is 0.794. The van der Waals surface area contributed by atoms with Crippen LogP contribution in [0.5, 0.6) is 0 Å². The Morgan fingerprint density at radius 3 is 2.79 bits per heavy atom. The van der Waals surface area contributed by atoms with Crippen LogP contribution in [0.2, 0.25) is 0 Å². The summed E-state index contributed by atoms with van der Waals surface area (Å²) in [4.78, 5) is 46.7. The van der Waals surface area contributed by atoms with Gasteiger partial charge in [-0.15, -0.1) is 0 Å². The maximum Gasteiger partial charge on any atom is 0.311 e. The van der Waals surface area contributed by atoms with Crippen LogP contribution in [0, 0.1) is 12.3 Å². The zero-order valence-corrected chi connectivity index (χ0v) is 13.9. The van der Waals surface area contributed by atoms with E-state index in [1.807, 2.05) is 11.9 Å². The van der Waals surface area contributed by atoms with Gasteiger partial charge in [-0.2, -0.15) is 0 Å². The van der Waals surface area contributed by atoms with Gasteiger partial charge in [0.2, 0.25) is 0 Å². The van der Waals surface area contributed by atoms with E-state index in [1.54, 1.807) is 11.8 Å². The number of carbonyl (C=O) groups excluding carboxylic acids is 1. The number of aliphatic carboxylic acids is 1. The van der Waals surface area contributed by atoms with E-state index in [0.29, 0.717) is 31.8 Å². The van der Waals surface area contributed by atoms with E-state index in [4.69, 9.17) is 0 Å². The predicted molar refractivity (Wildman–Crippen MR) is 85.8 cm³/mol. The first-order valence-electron chi connectivity index (χ1n) is 8.14. The van der Waals surface area contributed by atoms with Crippen molar-refractivity contribution in [2.45, 2.75) is 32.2 Å². The monoisotopic (exact) mass is 334 g/mol. The Balaban J connectivity index is 1.86. The Morgan fingerprint density at radius 1 is 1.38 bits per heavy atom. The molecule has 2 aliphatic rings. The fourth-order valence-corrected chi connectivity index (χ4v) is 3.98. The molecule has 0 radical (unpaired) electrons. The second-order valence-corrected chi connectivity index (χ2v) is 6.77. The highest BCUT2D eigenvalue weighted by Gasteiger charge is 2.52. The first-order chi connectivity index (χ1) is 11.3. The third-order valence-corrected chi connectivity index (χ3v) is 5.39. The number of H-pyrrole nitrogens is 1. The number of hydrogen-bond acceptors (Lipinski definition) is 5. The average molecular weight is 334 g/mol. The van der Waals surface area contributed by atoms with Crippen molar-refractivity contribution < 1.29 is 14.7 Å². The minimum Gasteiger partial charge on any atom is -0.481 e. The van der Waals surface area contributed by atoms with Crippen molar-refractivity contribution >= 4 is 11.9 Å². The highest BCUT2D eigenvalue weighted by Crippen LogP contribution is 2.42. The van der Waals surface area contributed by atoms with Crippen molar-refractivity contribution in [3.63, 3.8) is 0 Å². The number of likely N-dealkylation sites (N-methyl/N-ethyl adjacent to an activating group) is 1. The molecule has 1 aromatic heterocycles. The van der Waals surface area contributed by atoms with Gasteiger partial charge in [0, 0.05) is 25.3 Å². The van der Waals surface area contributed by atoms with Gasteiger partial charge in [-0.1, -0.05) is 0 Å². The molecule has 8 heteroatoms. The molecular formula is C16H22N4O4. The number of nitrogens with one attached hydrogen (secondary N) is 1. The van der Waals surface area contributed by atoms with Crippen LogP contribution in [0.25, 0.3) is 0 Å². The van der Waals surface area contributed by atoms with Gasteiger partial charge in [0.1, 0.15) is 11.4 Å². The van der Waals surface area contributed by atoms with Crippen LogP contribution in [0.3, 0.4) is 0 Å². The summed E-state index contributed by atoms with van der Waals surface area (Å²) >= 11 is 0. The van der Waals surface area contributed by atoms with Gasteiger partial charge in [-0.25, -0.2) is 4.98 Å². The lowest BCUT2D eigenvalue weighted by Gasteiger charge is -2.51. The van der Waals surface area contributed by atoms with Crippen molar-refractivity contribution in [3.05, 3.63) is 27.9 Å². The summed E-state index contributed by atoms with van der Waals surface area (Å²) in [6, 6.07) is -0.237. The molecule has 8 nitrogen and oxygen atoms in total. The van der Waals surface area contributed by atoms with E-state index in [1.165, 1.54) is 6.20 Å². The SMILES string of the molecule is Cc1ncc(C(=O)N2CC[C@@]3(C(=O)O)CCCN(C)[C@@H]3C2)c(=O)[nH]1. The Morgan fingerprint density at radius 2 is 2.12 bits per heavy atom. The van der Waals surface area contributed by atoms with Crippen LogP contribution in [-0.4, -0.2) is 69.5 Å². The molecule has 130 valence electrons.